The number of hydrogen-bond donors (Lipinski definition) is 1. The molecule has 0 amide bonds. The van der Waals surface area contributed by atoms with Crippen LogP contribution in [-0.2, 0) is 0 Å². The van der Waals surface area contributed by atoms with Gasteiger partial charge in [0.25, 0.3) is 0 Å². The number of rotatable bonds is 9. The van der Waals surface area contributed by atoms with E-state index in [1.54, 1.807) is 0 Å². The number of benzene rings is 2. The van der Waals surface area contributed by atoms with Crippen molar-refractivity contribution in [2.24, 2.45) is 11.8 Å². The van der Waals surface area contributed by atoms with Crippen LogP contribution in [0.3, 0.4) is 0 Å². The van der Waals surface area contributed by atoms with Gasteiger partial charge in [0.1, 0.15) is 0 Å². The van der Waals surface area contributed by atoms with Crippen LogP contribution in [0.1, 0.15) is 44.2 Å². The lowest BCUT2D eigenvalue weighted by Gasteiger charge is -2.25. The van der Waals surface area contributed by atoms with Gasteiger partial charge >= 0.3 is 0 Å². The minimum absolute atomic E-state index is 0.438. The van der Waals surface area contributed by atoms with E-state index in [4.69, 9.17) is 0 Å². The lowest BCUT2D eigenvalue weighted by Crippen LogP contribution is -2.23. The molecule has 24 heavy (non-hydrogen) atoms. The summed E-state index contributed by atoms with van der Waals surface area (Å²) in [5.41, 5.74) is 2.82. The number of thioether (sulfide) groups is 1. The Bertz CT molecular complexity index is 577. The maximum Gasteiger partial charge on any atom is 0.0127 e. The van der Waals surface area contributed by atoms with Crippen molar-refractivity contribution >= 4 is 11.8 Å². The normalized spacial score (nSPS) is 13.9. The van der Waals surface area contributed by atoms with Crippen molar-refractivity contribution in [1.82, 2.24) is 5.32 Å². The van der Waals surface area contributed by atoms with Gasteiger partial charge in [-0.15, -0.1) is 11.8 Å². The zero-order valence-electron chi connectivity index (χ0n) is 15.5. The van der Waals surface area contributed by atoms with E-state index in [1.165, 1.54) is 28.2 Å². The first-order chi connectivity index (χ1) is 11.6. The highest BCUT2D eigenvalue weighted by Gasteiger charge is 2.20. The standard InChI is InChI=1S/C22H31NS/c1-17(2)14-15-24-21-12-10-20(11-13-21)22(18(3)16-23-4)19-8-6-5-7-9-19/h5-13,17-18,22-23H,14-16H2,1-4H3. The van der Waals surface area contributed by atoms with Gasteiger partial charge < -0.3 is 5.32 Å². The molecule has 2 rings (SSSR count). The molecule has 0 heterocycles. The summed E-state index contributed by atoms with van der Waals surface area (Å²) in [7, 11) is 2.03. The maximum atomic E-state index is 3.33. The molecule has 0 aliphatic carbocycles. The van der Waals surface area contributed by atoms with Crippen molar-refractivity contribution in [3.63, 3.8) is 0 Å². The Morgan fingerprint density at radius 1 is 0.875 bits per heavy atom. The third kappa shape index (κ3) is 5.68. The zero-order valence-corrected chi connectivity index (χ0v) is 16.3. The van der Waals surface area contributed by atoms with E-state index in [0.717, 1.165) is 12.5 Å². The van der Waals surface area contributed by atoms with E-state index in [9.17, 15) is 0 Å². The average molecular weight is 342 g/mol. The van der Waals surface area contributed by atoms with E-state index in [0.29, 0.717) is 11.8 Å². The van der Waals surface area contributed by atoms with Crippen molar-refractivity contribution in [3.05, 3.63) is 65.7 Å². The summed E-state index contributed by atoms with van der Waals surface area (Å²) in [6.45, 7) is 7.93. The molecular formula is C22H31NS. The molecule has 0 aliphatic rings. The monoisotopic (exact) mass is 341 g/mol. The molecule has 1 nitrogen and oxygen atoms in total. The molecule has 2 atom stereocenters. The van der Waals surface area contributed by atoms with Crippen LogP contribution in [0, 0.1) is 11.8 Å². The molecular weight excluding hydrogens is 310 g/mol. The summed E-state index contributed by atoms with van der Waals surface area (Å²) in [5.74, 6) is 2.97. The summed E-state index contributed by atoms with van der Waals surface area (Å²) < 4.78 is 0. The van der Waals surface area contributed by atoms with Gasteiger partial charge in [0.2, 0.25) is 0 Å². The topological polar surface area (TPSA) is 12.0 Å². The Labute approximate surface area is 152 Å². The quantitative estimate of drug-likeness (QED) is 0.577. The molecule has 0 saturated heterocycles. The third-order valence-electron chi connectivity index (χ3n) is 4.46. The first-order valence-corrected chi connectivity index (χ1v) is 10.0. The van der Waals surface area contributed by atoms with Crippen molar-refractivity contribution in [2.75, 3.05) is 19.3 Å². The van der Waals surface area contributed by atoms with Crippen molar-refractivity contribution < 1.29 is 0 Å². The minimum Gasteiger partial charge on any atom is -0.319 e. The van der Waals surface area contributed by atoms with Gasteiger partial charge in [0.15, 0.2) is 0 Å². The van der Waals surface area contributed by atoms with Crippen LogP contribution in [0.4, 0.5) is 0 Å². The fourth-order valence-electron chi connectivity index (χ4n) is 3.13. The molecule has 2 aromatic carbocycles. The van der Waals surface area contributed by atoms with E-state index in [-0.39, 0.29) is 0 Å². The second-order valence-electron chi connectivity index (χ2n) is 7.02. The highest BCUT2D eigenvalue weighted by molar-refractivity contribution is 7.99. The molecule has 0 fully saturated rings. The molecule has 2 unspecified atom stereocenters. The number of nitrogens with one attached hydrogen (secondary N) is 1. The van der Waals surface area contributed by atoms with Crippen molar-refractivity contribution in [1.29, 1.82) is 0 Å². The summed E-state index contributed by atoms with van der Waals surface area (Å²) in [5, 5.41) is 3.33. The largest absolute Gasteiger partial charge is 0.319 e. The predicted octanol–water partition coefficient (Wildman–Crippen LogP) is 5.81. The molecule has 130 valence electrons. The smallest absolute Gasteiger partial charge is 0.0127 e. The Morgan fingerprint density at radius 3 is 2.08 bits per heavy atom. The first kappa shape index (κ1) is 19.1. The van der Waals surface area contributed by atoms with Gasteiger partial charge in [-0.2, -0.15) is 0 Å². The molecule has 2 aromatic rings. The summed E-state index contributed by atoms with van der Waals surface area (Å²) in [4.78, 5) is 1.38. The summed E-state index contributed by atoms with van der Waals surface area (Å²) in [6, 6.07) is 20.1. The lowest BCUT2D eigenvalue weighted by atomic mass is 9.81. The van der Waals surface area contributed by atoms with Gasteiger partial charge in [-0.3, -0.25) is 0 Å². The second-order valence-corrected chi connectivity index (χ2v) is 8.19. The SMILES string of the molecule is CNCC(C)C(c1ccccc1)c1ccc(SCCC(C)C)cc1. The highest BCUT2D eigenvalue weighted by atomic mass is 32.2. The van der Waals surface area contributed by atoms with Crippen LogP contribution in [0.25, 0.3) is 0 Å². The van der Waals surface area contributed by atoms with Gasteiger partial charge in [0.05, 0.1) is 0 Å². The summed E-state index contributed by atoms with van der Waals surface area (Å²) in [6.07, 6.45) is 1.28. The molecule has 0 radical (unpaired) electrons. The highest BCUT2D eigenvalue weighted by Crippen LogP contribution is 2.33. The van der Waals surface area contributed by atoms with Gasteiger partial charge in [-0.1, -0.05) is 63.2 Å². The number of hydrogen-bond acceptors (Lipinski definition) is 2. The zero-order chi connectivity index (χ0) is 17.4. The Morgan fingerprint density at radius 2 is 1.50 bits per heavy atom. The van der Waals surface area contributed by atoms with Gasteiger partial charge in [0, 0.05) is 10.8 Å². The summed E-state index contributed by atoms with van der Waals surface area (Å²) >= 11 is 1.97. The molecule has 0 spiro atoms. The fourth-order valence-corrected chi connectivity index (χ4v) is 4.29. The van der Waals surface area contributed by atoms with Crippen molar-refractivity contribution in [2.45, 2.75) is 38.0 Å². The first-order valence-electron chi connectivity index (χ1n) is 9.04. The Kier molecular flexibility index (Phi) is 7.87. The maximum absolute atomic E-state index is 3.33. The Hall–Kier alpha value is -1.25. The van der Waals surface area contributed by atoms with Crippen LogP contribution in [-0.4, -0.2) is 19.3 Å². The molecule has 0 saturated carbocycles. The van der Waals surface area contributed by atoms with Gasteiger partial charge in [-0.25, -0.2) is 0 Å². The molecule has 0 bridgehead atoms. The van der Waals surface area contributed by atoms with Crippen LogP contribution < -0.4 is 5.32 Å². The average Bonchev–Trinajstić information content (AvgIpc) is 2.57. The molecule has 2 heteroatoms. The second kappa shape index (κ2) is 9.90. The van der Waals surface area contributed by atoms with E-state index < -0.39 is 0 Å². The van der Waals surface area contributed by atoms with Crippen LogP contribution in [0.2, 0.25) is 0 Å². The molecule has 0 aliphatic heterocycles. The predicted molar refractivity (Wildman–Crippen MR) is 108 cm³/mol. The van der Waals surface area contributed by atoms with Gasteiger partial charge in [-0.05, 0) is 60.9 Å². The minimum atomic E-state index is 0.438. The van der Waals surface area contributed by atoms with Crippen LogP contribution in [0.5, 0.6) is 0 Å². The fraction of sp³-hybridized carbons (Fsp3) is 0.455. The lowest BCUT2D eigenvalue weighted by molar-refractivity contribution is 0.486. The van der Waals surface area contributed by atoms with E-state index >= 15 is 0 Å². The van der Waals surface area contributed by atoms with Crippen LogP contribution >= 0.6 is 11.8 Å². The Balaban J connectivity index is 2.14. The third-order valence-corrected chi connectivity index (χ3v) is 5.50. The van der Waals surface area contributed by atoms with Crippen molar-refractivity contribution in [3.8, 4) is 0 Å². The van der Waals surface area contributed by atoms with E-state index in [2.05, 4.69) is 80.7 Å². The van der Waals surface area contributed by atoms with E-state index in [1.807, 2.05) is 18.8 Å². The molecule has 0 aromatic heterocycles. The van der Waals surface area contributed by atoms with Crippen LogP contribution in [0.15, 0.2) is 59.5 Å². The molecule has 1 N–H and O–H groups in total.